The number of piperidine rings is 1. The molecular weight excluding hydrogens is 458 g/mol. The second-order valence-electron chi connectivity index (χ2n) is 6.45. The average molecular weight is 484 g/mol. The van der Waals surface area contributed by atoms with Crippen LogP contribution in [0.4, 0.5) is 10.1 Å². The van der Waals surface area contributed by atoms with E-state index in [0.717, 1.165) is 31.5 Å². The van der Waals surface area contributed by atoms with Gasteiger partial charge in [0.15, 0.2) is 17.5 Å². The number of nitrogens with one attached hydrogen (secondary N) is 2. The molecule has 0 aliphatic carbocycles. The molecule has 0 atom stereocenters. The SMILES string of the molecule is CN=C(NCc1ccc(O)c(F)c1)NC1CCN(c2ccccc2)CC1.I. The van der Waals surface area contributed by atoms with E-state index >= 15 is 0 Å². The van der Waals surface area contributed by atoms with Gasteiger partial charge in [0.05, 0.1) is 0 Å². The van der Waals surface area contributed by atoms with E-state index in [4.69, 9.17) is 0 Å². The van der Waals surface area contributed by atoms with Gasteiger partial charge in [-0.25, -0.2) is 4.39 Å². The minimum atomic E-state index is -0.611. The van der Waals surface area contributed by atoms with Crippen LogP contribution >= 0.6 is 24.0 Å². The Morgan fingerprint density at radius 3 is 2.52 bits per heavy atom. The lowest BCUT2D eigenvalue weighted by atomic mass is 10.0. The van der Waals surface area contributed by atoms with Crippen molar-refractivity contribution in [1.29, 1.82) is 0 Å². The molecule has 0 saturated carbocycles. The van der Waals surface area contributed by atoms with Gasteiger partial charge in [-0.3, -0.25) is 4.99 Å². The molecular formula is C20H26FIN4O. The molecule has 146 valence electrons. The Bertz CT molecular complexity index is 749. The molecule has 0 bridgehead atoms. The molecule has 27 heavy (non-hydrogen) atoms. The predicted molar refractivity (Wildman–Crippen MR) is 118 cm³/mol. The molecule has 1 aliphatic rings. The standard InChI is InChI=1S/C20H25FN4O.HI/c1-22-20(23-14-15-7-8-19(26)18(21)13-15)24-16-9-11-25(12-10-16)17-5-3-2-4-6-17;/h2-8,13,16,26H,9-12,14H2,1H3,(H2,22,23,24);1H. The quantitative estimate of drug-likeness (QED) is 0.354. The van der Waals surface area contributed by atoms with Gasteiger partial charge in [0.2, 0.25) is 0 Å². The highest BCUT2D eigenvalue weighted by molar-refractivity contribution is 14.0. The van der Waals surface area contributed by atoms with Crippen LogP contribution < -0.4 is 15.5 Å². The van der Waals surface area contributed by atoms with E-state index in [1.165, 1.54) is 17.8 Å². The summed E-state index contributed by atoms with van der Waals surface area (Å²) in [5, 5.41) is 15.9. The van der Waals surface area contributed by atoms with Crippen LogP contribution in [0.15, 0.2) is 53.5 Å². The van der Waals surface area contributed by atoms with E-state index in [1.54, 1.807) is 13.1 Å². The van der Waals surface area contributed by atoms with Crippen LogP contribution in [0.3, 0.4) is 0 Å². The fraction of sp³-hybridized carbons (Fsp3) is 0.350. The number of benzene rings is 2. The van der Waals surface area contributed by atoms with Crippen LogP contribution in [-0.4, -0.2) is 37.2 Å². The number of guanidine groups is 1. The minimum absolute atomic E-state index is 0. The zero-order valence-electron chi connectivity index (χ0n) is 15.4. The summed E-state index contributed by atoms with van der Waals surface area (Å²) in [6.45, 7) is 2.45. The number of hydrogen-bond acceptors (Lipinski definition) is 3. The number of nitrogens with zero attached hydrogens (tertiary/aromatic N) is 2. The summed E-state index contributed by atoms with van der Waals surface area (Å²) in [6, 6.07) is 15.2. The van der Waals surface area contributed by atoms with Crippen molar-refractivity contribution < 1.29 is 9.50 Å². The molecule has 3 N–H and O–H groups in total. The molecule has 0 unspecified atom stereocenters. The van der Waals surface area contributed by atoms with Gasteiger partial charge in [-0.1, -0.05) is 24.3 Å². The molecule has 0 radical (unpaired) electrons. The van der Waals surface area contributed by atoms with Gasteiger partial charge in [0.25, 0.3) is 0 Å². The summed E-state index contributed by atoms with van der Waals surface area (Å²) in [7, 11) is 1.73. The third-order valence-corrected chi connectivity index (χ3v) is 4.65. The average Bonchev–Trinajstić information content (AvgIpc) is 2.69. The van der Waals surface area contributed by atoms with Crippen LogP contribution in [0.2, 0.25) is 0 Å². The van der Waals surface area contributed by atoms with E-state index in [0.29, 0.717) is 18.5 Å². The van der Waals surface area contributed by atoms with Crippen molar-refractivity contribution in [3.63, 3.8) is 0 Å². The van der Waals surface area contributed by atoms with E-state index in [2.05, 4.69) is 44.8 Å². The molecule has 3 rings (SSSR count). The Kier molecular flexibility index (Phi) is 8.15. The summed E-state index contributed by atoms with van der Waals surface area (Å²) in [4.78, 5) is 6.65. The predicted octanol–water partition coefficient (Wildman–Crippen LogP) is 3.48. The van der Waals surface area contributed by atoms with Crippen molar-refractivity contribution in [3.8, 4) is 5.75 Å². The first-order valence-electron chi connectivity index (χ1n) is 8.90. The fourth-order valence-corrected chi connectivity index (χ4v) is 3.15. The van der Waals surface area contributed by atoms with Crippen molar-refractivity contribution in [3.05, 3.63) is 59.9 Å². The number of rotatable bonds is 4. The van der Waals surface area contributed by atoms with Gasteiger partial charge < -0.3 is 20.6 Å². The number of para-hydroxylation sites is 1. The fourth-order valence-electron chi connectivity index (χ4n) is 3.15. The van der Waals surface area contributed by atoms with Crippen LogP contribution in [-0.2, 0) is 6.54 Å². The van der Waals surface area contributed by atoms with Crippen LogP contribution in [0.25, 0.3) is 0 Å². The molecule has 2 aromatic carbocycles. The highest BCUT2D eigenvalue weighted by Gasteiger charge is 2.20. The van der Waals surface area contributed by atoms with E-state index in [-0.39, 0.29) is 29.7 Å². The van der Waals surface area contributed by atoms with Crippen LogP contribution in [0.5, 0.6) is 5.75 Å². The summed E-state index contributed by atoms with van der Waals surface area (Å²) in [6.07, 6.45) is 2.06. The zero-order chi connectivity index (χ0) is 18.4. The smallest absolute Gasteiger partial charge is 0.191 e. The number of phenolic OH excluding ortho intramolecular Hbond substituents is 1. The molecule has 0 spiro atoms. The number of aliphatic imine (C=N–C) groups is 1. The molecule has 5 nitrogen and oxygen atoms in total. The largest absolute Gasteiger partial charge is 0.505 e. The number of halogens is 2. The number of hydrogen-bond donors (Lipinski definition) is 3. The normalized spacial score (nSPS) is 15.2. The van der Waals surface area contributed by atoms with Crippen molar-refractivity contribution in [1.82, 2.24) is 10.6 Å². The Hall–Kier alpha value is -2.03. The molecule has 0 aromatic heterocycles. The molecule has 7 heteroatoms. The molecule has 1 heterocycles. The highest BCUT2D eigenvalue weighted by Crippen LogP contribution is 2.19. The first-order valence-corrected chi connectivity index (χ1v) is 8.90. The zero-order valence-corrected chi connectivity index (χ0v) is 17.7. The Balaban J connectivity index is 0.00000261. The monoisotopic (exact) mass is 484 g/mol. The van der Waals surface area contributed by atoms with Gasteiger partial charge in [-0.15, -0.1) is 24.0 Å². The lowest BCUT2D eigenvalue weighted by molar-refractivity contribution is 0.431. The third-order valence-electron chi connectivity index (χ3n) is 4.65. The van der Waals surface area contributed by atoms with Gasteiger partial charge >= 0.3 is 0 Å². The minimum Gasteiger partial charge on any atom is -0.505 e. The topological polar surface area (TPSA) is 59.9 Å². The van der Waals surface area contributed by atoms with Crippen molar-refractivity contribution in [2.75, 3.05) is 25.0 Å². The third kappa shape index (κ3) is 5.98. The summed E-state index contributed by atoms with van der Waals surface area (Å²) in [5.74, 6) is -0.237. The molecule has 1 fully saturated rings. The van der Waals surface area contributed by atoms with Gasteiger partial charge in [-0.2, -0.15) is 0 Å². The molecule has 1 saturated heterocycles. The molecule has 1 aliphatic heterocycles. The van der Waals surface area contributed by atoms with E-state index in [1.807, 2.05) is 6.07 Å². The second-order valence-corrected chi connectivity index (χ2v) is 6.45. The van der Waals surface area contributed by atoms with Crippen LogP contribution in [0.1, 0.15) is 18.4 Å². The highest BCUT2D eigenvalue weighted by atomic mass is 127. The maximum Gasteiger partial charge on any atom is 0.191 e. The van der Waals surface area contributed by atoms with Gasteiger partial charge in [-0.05, 0) is 42.7 Å². The first kappa shape index (κ1) is 21.3. The number of phenols is 1. The van der Waals surface area contributed by atoms with Crippen molar-refractivity contribution >= 4 is 35.6 Å². The first-order chi connectivity index (χ1) is 12.7. The Labute approximate surface area is 176 Å². The Morgan fingerprint density at radius 1 is 1.19 bits per heavy atom. The second kappa shape index (κ2) is 10.3. The van der Waals surface area contributed by atoms with E-state index < -0.39 is 5.82 Å². The number of anilines is 1. The summed E-state index contributed by atoms with van der Waals surface area (Å²) >= 11 is 0. The lowest BCUT2D eigenvalue weighted by Crippen LogP contribution is -2.48. The van der Waals surface area contributed by atoms with Gasteiger partial charge in [0, 0.05) is 38.4 Å². The van der Waals surface area contributed by atoms with Crippen molar-refractivity contribution in [2.45, 2.75) is 25.4 Å². The Morgan fingerprint density at radius 2 is 1.89 bits per heavy atom. The summed E-state index contributed by atoms with van der Waals surface area (Å²) in [5.41, 5.74) is 2.02. The maximum absolute atomic E-state index is 13.4. The lowest BCUT2D eigenvalue weighted by Gasteiger charge is -2.34. The summed E-state index contributed by atoms with van der Waals surface area (Å²) < 4.78 is 13.4. The molecule has 0 amide bonds. The molecule has 2 aromatic rings. The maximum atomic E-state index is 13.4. The number of aromatic hydroxyl groups is 1. The van der Waals surface area contributed by atoms with Crippen LogP contribution in [0, 0.1) is 5.82 Å². The van der Waals surface area contributed by atoms with Crippen molar-refractivity contribution in [2.24, 2.45) is 4.99 Å². The van der Waals surface area contributed by atoms with Gasteiger partial charge in [0.1, 0.15) is 0 Å². The van der Waals surface area contributed by atoms with E-state index in [9.17, 15) is 9.50 Å².